The Balaban J connectivity index is 2.32. The van der Waals surface area contributed by atoms with Gasteiger partial charge in [0.15, 0.2) is 0 Å². The summed E-state index contributed by atoms with van der Waals surface area (Å²) < 4.78 is 39.1. The molecule has 1 saturated heterocycles. The van der Waals surface area contributed by atoms with Crippen molar-refractivity contribution in [2.24, 2.45) is 0 Å². The van der Waals surface area contributed by atoms with E-state index in [1.165, 1.54) is 17.5 Å². The number of alkyl halides is 3. The summed E-state index contributed by atoms with van der Waals surface area (Å²) in [6.07, 6.45) is -4.64. The highest BCUT2D eigenvalue weighted by Crippen LogP contribution is 2.37. The molecule has 3 N–H and O–H groups in total. The Bertz CT molecular complexity index is 944. The third kappa shape index (κ3) is 3.06. The van der Waals surface area contributed by atoms with E-state index in [9.17, 15) is 32.7 Å². The molecule has 2 aromatic rings. The van der Waals surface area contributed by atoms with Crippen LogP contribution in [0.25, 0.3) is 5.57 Å². The molecular formula is C16H9F3N2O4S. The molecule has 0 bridgehead atoms. The zero-order valence-electron chi connectivity index (χ0n) is 12.7. The predicted octanol–water partition coefficient (Wildman–Crippen LogP) is 2.43. The molecule has 26 heavy (non-hydrogen) atoms. The number of carbonyl (C=O) groups excluding carboxylic acids is 2. The van der Waals surface area contributed by atoms with Gasteiger partial charge in [0.05, 0.1) is 16.0 Å². The van der Waals surface area contributed by atoms with E-state index < -0.39 is 35.1 Å². The van der Waals surface area contributed by atoms with Crippen LogP contribution >= 0.6 is 11.3 Å². The first-order valence-electron chi connectivity index (χ1n) is 7.04. The molecular weight excluding hydrogens is 373 g/mol. The third-order valence-corrected chi connectivity index (χ3v) is 4.53. The smallest absolute Gasteiger partial charge is 0.416 e. The summed E-state index contributed by atoms with van der Waals surface area (Å²) in [6.45, 7) is 0. The molecule has 1 aliphatic rings. The number of halogens is 3. The van der Waals surface area contributed by atoms with Crippen LogP contribution in [0.2, 0.25) is 0 Å². The van der Waals surface area contributed by atoms with Gasteiger partial charge in [-0.1, -0.05) is 12.1 Å². The van der Waals surface area contributed by atoms with E-state index >= 15 is 0 Å². The van der Waals surface area contributed by atoms with Crippen LogP contribution in [-0.2, 0) is 15.8 Å². The number of hydrogen-bond donors (Lipinski definition) is 3. The maximum Gasteiger partial charge on any atom is 0.416 e. The fourth-order valence-corrected chi connectivity index (χ4v) is 3.44. The number of hydrazine groups is 1. The summed E-state index contributed by atoms with van der Waals surface area (Å²) >= 11 is 0.905. The number of benzene rings is 1. The Morgan fingerprint density at radius 1 is 1.08 bits per heavy atom. The molecule has 0 saturated carbocycles. The summed E-state index contributed by atoms with van der Waals surface area (Å²) in [5, 5.41) is 10.7. The molecule has 0 radical (unpaired) electrons. The summed E-state index contributed by atoms with van der Waals surface area (Å²) in [4.78, 5) is 35.5. The maximum absolute atomic E-state index is 13.0. The van der Waals surface area contributed by atoms with Crippen molar-refractivity contribution >= 4 is 34.7 Å². The van der Waals surface area contributed by atoms with Gasteiger partial charge in [-0.2, -0.15) is 13.2 Å². The van der Waals surface area contributed by atoms with E-state index in [1.807, 2.05) is 0 Å². The molecule has 0 atom stereocenters. The number of amides is 2. The van der Waals surface area contributed by atoms with Crippen LogP contribution in [0.3, 0.4) is 0 Å². The molecule has 1 fully saturated rings. The minimum absolute atomic E-state index is 0.0130. The summed E-state index contributed by atoms with van der Waals surface area (Å²) in [7, 11) is 0. The number of hydrogen-bond acceptors (Lipinski definition) is 4. The van der Waals surface area contributed by atoms with E-state index in [0.29, 0.717) is 0 Å². The summed E-state index contributed by atoms with van der Waals surface area (Å²) in [6, 6.07) is 5.26. The van der Waals surface area contributed by atoms with Gasteiger partial charge in [0, 0.05) is 5.57 Å². The van der Waals surface area contributed by atoms with Crippen molar-refractivity contribution in [3.05, 3.63) is 62.9 Å². The minimum Gasteiger partial charge on any atom is -0.478 e. The number of thiophene rings is 1. The number of rotatable bonds is 3. The molecule has 0 unspecified atom stereocenters. The van der Waals surface area contributed by atoms with Crippen LogP contribution in [0, 0.1) is 0 Å². The van der Waals surface area contributed by atoms with Crippen LogP contribution in [0.5, 0.6) is 0 Å². The van der Waals surface area contributed by atoms with Crippen LogP contribution in [0.15, 0.2) is 41.3 Å². The number of nitrogens with one attached hydrogen (secondary N) is 2. The number of carbonyl (C=O) groups is 3. The number of aromatic carboxylic acids is 1. The fraction of sp³-hybridized carbons (Fsp3) is 0.0625. The van der Waals surface area contributed by atoms with Gasteiger partial charge < -0.3 is 5.11 Å². The Morgan fingerprint density at radius 3 is 2.31 bits per heavy atom. The van der Waals surface area contributed by atoms with E-state index in [2.05, 4.69) is 10.9 Å². The maximum atomic E-state index is 13.0. The van der Waals surface area contributed by atoms with Gasteiger partial charge in [-0.25, -0.2) is 4.79 Å². The zero-order chi connectivity index (χ0) is 19.1. The van der Waals surface area contributed by atoms with Crippen molar-refractivity contribution in [1.29, 1.82) is 0 Å². The molecule has 0 aliphatic carbocycles. The van der Waals surface area contributed by atoms with Gasteiger partial charge in [-0.05, 0) is 29.1 Å². The Labute approximate surface area is 147 Å². The second-order valence-electron chi connectivity index (χ2n) is 5.21. The van der Waals surface area contributed by atoms with E-state index in [1.54, 1.807) is 0 Å². The van der Waals surface area contributed by atoms with Gasteiger partial charge in [-0.3, -0.25) is 20.4 Å². The fourth-order valence-electron chi connectivity index (χ4n) is 2.48. The van der Waals surface area contributed by atoms with Crippen molar-refractivity contribution in [3.8, 4) is 0 Å². The lowest BCUT2D eigenvalue weighted by atomic mass is 9.94. The second kappa shape index (κ2) is 6.30. The van der Waals surface area contributed by atoms with E-state index in [4.69, 9.17) is 0 Å². The first kappa shape index (κ1) is 17.7. The average Bonchev–Trinajstić information content (AvgIpc) is 3.17. The molecule has 10 heteroatoms. The molecule has 3 rings (SSSR count). The lowest BCUT2D eigenvalue weighted by Crippen LogP contribution is -2.28. The number of carboxylic acids is 1. The molecule has 1 aromatic carbocycles. The van der Waals surface area contributed by atoms with Crippen LogP contribution in [-0.4, -0.2) is 22.9 Å². The van der Waals surface area contributed by atoms with Crippen molar-refractivity contribution in [3.63, 3.8) is 0 Å². The molecule has 2 amide bonds. The average molecular weight is 382 g/mol. The molecule has 134 valence electrons. The lowest BCUT2D eigenvalue weighted by Gasteiger charge is -2.12. The van der Waals surface area contributed by atoms with Gasteiger partial charge in [0.2, 0.25) is 0 Å². The Morgan fingerprint density at radius 2 is 1.73 bits per heavy atom. The van der Waals surface area contributed by atoms with Gasteiger partial charge in [0.25, 0.3) is 11.8 Å². The predicted molar refractivity (Wildman–Crippen MR) is 85.0 cm³/mol. The van der Waals surface area contributed by atoms with Crippen molar-refractivity contribution in [2.45, 2.75) is 6.18 Å². The zero-order valence-corrected chi connectivity index (χ0v) is 13.5. The highest BCUT2D eigenvalue weighted by molar-refractivity contribution is 7.11. The number of carboxylic acid groups (broad SMARTS) is 1. The highest BCUT2D eigenvalue weighted by Gasteiger charge is 2.35. The largest absolute Gasteiger partial charge is 0.478 e. The normalized spacial score (nSPS) is 14.2. The first-order chi connectivity index (χ1) is 12.2. The third-order valence-electron chi connectivity index (χ3n) is 3.59. The highest BCUT2D eigenvalue weighted by atomic mass is 32.1. The molecule has 6 nitrogen and oxygen atoms in total. The first-order valence-corrected chi connectivity index (χ1v) is 7.92. The van der Waals surface area contributed by atoms with Crippen molar-refractivity contribution in [1.82, 2.24) is 10.9 Å². The van der Waals surface area contributed by atoms with Gasteiger partial charge in [-0.15, -0.1) is 11.3 Å². The van der Waals surface area contributed by atoms with Crippen LogP contribution in [0.4, 0.5) is 13.2 Å². The Hall–Kier alpha value is -3.14. The molecule has 0 spiro atoms. The molecule has 1 aromatic heterocycles. The van der Waals surface area contributed by atoms with Crippen LogP contribution in [0.1, 0.15) is 26.4 Å². The Kier molecular flexibility index (Phi) is 4.28. The molecule has 2 heterocycles. The monoisotopic (exact) mass is 382 g/mol. The second-order valence-corrected chi connectivity index (χ2v) is 6.12. The minimum atomic E-state index is -4.64. The lowest BCUT2D eigenvalue weighted by molar-refractivity contribution is -0.137. The van der Waals surface area contributed by atoms with E-state index in [-0.39, 0.29) is 21.6 Å². The van der Waals surface area contributed by atoms with Gasteiger partial charge in [0.1, 0.15) is 5.57 Å². The summed E-state index contributed by atoms with van der Waals surface area (Å²) in [5.41, 5.74) is 2.21. The summed E-state index contributed by atoms with van der Waals surface area (Å²) in [5.74, 6) is -3.04. The van der Waals surface area contributed by atoms with Crippen LogP contribution < -0.4 is 10.9 Å². The van der Waals surface area contributed by atoms with Crippen molar-refractivity contribution < 1.29 is 32.7 Å². The molecule has 1 aliphatic heterocycles. The quantitative estimate of drug-likeness (QED) is 0.561. The van der Waals surface area contributed by atoms with Crippen molar-refractivity contribution in [2.75, 3.05) is 0 Å². The van der Waals surface area contributed by atoms with Gasteiger partial charge >= 0.3 is 12.1 Å². The SMILES string of the molecule is O=C1NNC(=O)C1=C(c1cccc(C(F)(F)F)c1)c1sccc1C(=O)O. The topological polar surface area (TPSA) is 95.5 Å². The van der Waals surface area contributed by atoms with E-state index in [0.717, 1.165) is 29.5 Å². The standard InChI is InChI=1S/C16H9F3N2O4S/c17-16(18,19)8-3-1-2-7(6-8)10(11-13(22)20-21-14(11)23)12-9(15(24)25)4-5-26-12/h1-6H,(H,20,22)(H,21,23)(H,24,25).